The van der Waals surface area contributed by atoms with Gasteiger partial charge in [-0.05, 0) is 89.2 Å². The number of hydrogen-bond acceptors (Lipinski definition) is 3. The second kappa shape index (κ2) is 11.8. The van der Waals surface area contributed by atoms with Crippen molar-refractivity contribution in [3.63, 3.8) is 0 Å². The largest absolute Gasteiger partial charge is 0.497 e. The molecule has 0 N–H and O–H groups in total. The van der Waals surface area contributed by atoms with Gasteiger partial charge < -0.3 is 14.2 Å². The van der Waals surface area contributed by atoms with Crippen LogP contribution in [0, 0.1) is 0 Å². The van der Waals surface area contributed by atoms with Crippen LogP contribution in [0.4, 0.5) is 0 Å². The molecule has 0 saturated carbocycles. The minimum atomic E-state index is 0.407. The second-order valence-electron chi connectivity index (χ2n) is 9.24. The molecule has 0 aliphatic rings. The second-order valence-corrected chi connectivity index (χ2v) is 9.24. The molecule has 0 bridgehead atoms. The lowest BCUT2D eigenvalue weighted by atomic mass is 9.89. The van der Waals surface area contributed by atoms with E-state index >= 15 is 0 Å². The minimum absolute atomic E-state index is 0.407. The lowest BCUT2D eigenvalue weighted by Crippen LogP contribution is -2.01. The molecule has 3 heteroatoms. The average molecular weight is 447 g/mol. The summed E-state index contributed by atoms with van der Waals surface area (Å²) < 4.78 is 16.9. The van der Waals surface area contributed by atoms with Crippen LogP contribution in [0.15, 0.2) is 66.7 Å². The maximum Gasteiger partial charge on any atom is 0.122 e. The Balaban J connectivity index is 1.58. The molecule has 3 rings (SSSR count). The predicted octanol–water partition coefficient (Wildman–Crippen LogP) is 8.09. The summed E-state index contributed by atoms with van der Waals surface area (Å²) in [6.07, 6.45) is 2.27. The Bertz CT molecular complexity index is 1010. The molecular formula is C30H38O3. The number of rotatable bonds is 11. The van der Waals surface area contributed by atoms with Gasteiger partial charge in [0.05, 0.1) is 14.2 Å². The van der Waals surface area contributed by atoms with Gasteiger partial charge in [-0.3, -0.25) is 0 Å². The molecule has 3 nitrogen and oxygen atoms in total. The van der Waals surface area contributed by atoms with E-state index < -0.39 is 0 Å². The standard InChI is InChI=1S/C30H38O3/c1-21(2)29-18-24(12-17-30(29)32-6)20-33-28-9-7-8-26(19-28)23(4)11-10-22(3)25-13-15-27(31-5)16-14-25/h7-9,12-19,21-23H,10-11,20H2,1-6H3. The molecule has 176 valence electrons. The first-order chi connectivity index (χ1) is 15.9. The van der Waals surface area contributed by atoms with Crippen LogP contribution in [-0.4, -0.2) is 14.2 Å². The third-order valence-electron chi connectivity index (χ3n) is 6.47. The molecule has 0 fully saturated rings. The van der Waals surface area contributed by atoms with E-state index in [0.29, 0.717) is 24.4 Å². The Morgan fingerprint density at radius 3 is 2.00 bits per heavy atom. The monoisotopic (exact) mass is 446 g/mol. The van der Waals surface area contributed by atoms with Gasteiger partial charge in [-0.1, -0.05) is 58.0 Å². The highest BCUT2D eigenvalue weighted by Gasteiger charge is 2.12. The summed E-state index contributed by atoms with van der Waals surface area (Å²) in [5, 5.41) is 0. The van der Waals surface area contributed by atoms with Crippen molar-refractivity contribution in [1.29, 1.82) is 0 Å². The highest BCUT2D eigenvalue weighted by atomic mass is 16.5. The molecule has 0 heterocycles. The Kier molecular flexibility index (Phi) is 8.82. The Labute approximate surface area is 199 Å². The number of methoxy groups -OCH3 is 2. The predicted molar refractivity (Wildman–Crippen MR) is 137 cm³/mol. The van der Waals surface area contributed by atoms with Gasteiger partial charge in [0.2, 0.25) is 0 Å². The first-order valence-corrected chi connectivity index (χ1v) is 11.9. The third-order valence-corrected chi connectivity index (χ3v) is 6.47. The summed E-state index contributed by atoms with van der Waals surface area (Å²) in [5.41, 5.74) is 5.06. The van der Waals surface area contributed by atoms with E-state index in [1.165, 1.54) is 16.7 Å². The summed E-state index contributed by atoms with van der Waals surface area (Å²) in [6.45, 7) is 9.52. The maximum atomic E-state index is 6.16. The SMILES string of the molecule is COc1ccc(C(C)CCC(C)c2cccc(OCc3ccc(OC)c(C(C)C)c3)c2)cc1. The zero-order chi connectivity index (χ0) is 23.8. The van der Waals surface area contributed by atoms with E-state index in [0.717, 1.165) is 35.7 Å². The third kappa shape index (κ3) is 6.77. The minimum Gasteiger partial charge on any atom is -0.497 e. The smallest absolute Gasteiger partial charge is 0.122 e. The van der Waals surface area contributed by atoms with Crippen LogP contribution in [0.1, 0.15) is 80.5 Å². The molecule has 0 aromatic heterocycles. The van der Waals surface area contributed by atoms with E-state index in [1.807, 2.05) is 24.3 Å². The first-order valence-electron chi connectivity index (χ1n) is 11.9. The van der Waals surface area contributed by atoms with Gasteiger partial charge in [0.1, 0.15) is 23.9 Å². The Morgan fingerprint density at radius 1 is 0.667 bits per heavy atom. The van der Waals surface area contributed by atoms with E-state index in [9.17, 15) is 0 Å². The summed E-state index contributed by atoms with van der Waals surface area (Å²) in [7, 11) is 3.43. The van der Waals surface area contributed by atoms with Crippen LogP contribution in [0.3, 0.4) is 0 Å². The molecule has 3 aromatic rings. The van der Waals surface area contributed by atoms with Crippen LogP contribution in [0.2, 0.25) is 0 Å². The molecule has 0 spiro atoms. The van der Waals surface area contributed by atoms with Crippen molar-refractivity contribution in [2.75, 3.05) is 14.2 Å². The Hall–Kier alpha value is -2.94. The Morgan fingerprint density at radius 2 is 1.36 bits per heavy atom. The molecule has 3 aromatic carbocycles. The van der Waals surface area contributed by atoms with Gasteiger partial charge in [0.15, 0.2) is 0 Å². The van der Waals surface area contributed by atoms with Gasteiger partial charge in [0, 0.05) is 0 Å². The molecule has 0 radical (unpaired) electrons. The summed E-state index contributed by atoms with van der Waals surface area (Å²) >= 11 is 0. The van der Waals surface area contributed by atoms with Crippen LogP contribution in [0.5, 0.6) is 17.2 Å². The van der Waals surface area contributed by atoms with Crippen molar-refractivity contribution in [2.45, 2.75) is 64.9 Å². The van der Waals surface area contributed by atoms with Crippen molar-refractivity contribution >= 4 is 0 Å². The molecule has 33 heavy (non-hydrogen) atoms. The first kappa shape index (κ1) is 24.7. The maximum absolute atomic E-state index is 6.16. The zero-order valence-electron chi connectivity index (χ0n) is 20.9. The topological polar surface area (TPSA) is 27.7 Å². The molecular weight excluding hydrogens is 408 g/mol. The number of benzene rings is 3. The van der Waals surface area contributed by atoms with Gasteiger partial charge >= 0.3 is 0 Å². The van der Waals surface area contributed by atoms with Crippen LogP contribution < -0.4 is 14.2 Å². The summed E-state index contributed by atoms with van der Waals surface area (Å²) in [5.74, 6) is 4.17. The molecule has 0 saturated heterocycles. The van der Waals surface area contributed by atoms with E-state index in [1.54, 1.807) is 14.2 Å². The summed E-state index contributed by atoms with van der Waals surface area (Å²) in [4.78, 5) is 0. The highest BCUT2D eigenvalue weighted by molar-refractivity contribution is 5.39. The fourth-order valence-electron chi connectivity index (χ4n) is 4.17. The molecule has 2 unspecified atom stereocenters. The van der Waals surface area contributed by atoms with Gasteiger partial charge in [-0.25, -0.2) is 0 Å². The normalized spacial score (nSPS) is 12.9. The van der Waals surface area contributed by atoms with E-state index in [-0.39, 0.29) is 0 Å². The van der Waals surface area contributed by atoms with Gasteiger partial charge in [0.25, 0.3) is 0 Å². The van der Waals surface area contributed by atoms with E-state index in [2.05, 4.69) is 70.2 Å². The van der Waals surface area contributed by atoms with Crippen molar-refractivity contribution < 1.29 is 14.2 Å². The van der Waals surface area contributed by atoms with Crippen LogP contribution in [-0.2, 0) is 6.61 Å². The lowest BCUT2D eigenvalue weighted by molar-refractivity contribution is 0.305. The lowest BCUT2D eigenvalue weighted by Gasteiger charge is -2.18. The average Bonchev–Trinajstić information content (AvgIpc) is 2.85. The molecule has 0 aliphatic carbocycles. The molecule has 0 aliphatic heterocycles. The zero-order valence-corrected chi connectivity index (χ0v) is 20.9. The molecule has 2 atom stereocenters. The number of ether oxygens (including phenoxy) is 3. The van der Waals surface area contributed by atoms with Gasteiger partial charge in [-0.15, -0.1) is 0 Å². The fourth-order valence-corrected chi connectivity index (χ4v) is 4.17. The van der Waals surface area contributed by atoms with Gasteiger partial charge in [-0.2, -0.15) is 0 Å². The van der Waals surface area contributed by atoms with Crippen molar-refractivity contribution in [3.8, 4) is 17.2 Å². The highest BCUT2D eigenvalue weighted by Crippen LogP contribution is 2.31. The van der Waals surface area contributed by atoms with Crippen molar-refractivity contribution in [1.82, 2.24) is 0 Å². The van der Waals surface area contributed by atoms with Crippen molar-refractivity contribution in [3.05, 3.63) is 89.0 Å². The van der Waals surface area contributed by atoms with Crippen molar-refractivity contribution in [2.24, 2.45) is 0 Å². The van der Waals surface area contributed by atoms with Crippen LogP contribution in [0.25, 0.3) is 0 Å². The summed E-state index contributed by atoms with van der Waals surface area (Å²) in [6, 6.07) is 23.3. The fraction of sp³-hybridized carbons (Fsp3) is 0.400. The quantitative estimate of drug-likeness (QED) is 0.298. The van der Waals surface area contributed by atoms with E-state index in [4.69, 9.17) is 14.2 Å². The van der Waals surface area contributed by atoms with Crippen LogP contribution >= 0.6 is 0 Å². The molecule has 0 amide bonds. The number of hydrogen-bond donors (Lipinski definition) is 0.